The van der Waals surface area contributed by atoms with Gasteiger partial charge in [0.05, 0.1) is 6.54 Å². The van der Waals surface area contributed by atoms with E-state index >= 15 is 0 Å². The first kappa shape index (κ1) is 15.1. The molecule has 0 saturated carbocycles. The number of nitrogens with zero attached hydrogens (tertiary/aromatic N) is 2. The molecule has 1 aromatic rings. The second-order valence-electron chi connectivity index (χ2n) is 5.29. The summed E-state index contributed by atoms with van der Waals surface area (Å²) in [5.74, 6) is 0.540. The summed E-state index contributed by atoms with van der Waals surface area (Å²) >= 11 is 0. The molecule has 0 aliphatic carbocycles. The summed E-state index contributed by atoms with van der Waals surface area (Å²) in [6.07, 6.45) is 1.68. The lowest BCUT2D eigenvalue weighted by molar-refractivity contribution is 0.383. The molecule has 0 fully saturated rings. The molecular formula is C11H22N4O2S. The van der Waals surface area contributed by atoms with Gasteiger partial charge in [-0.15, -0.1) is 5.10 Å². The van der Waals surface area contributed by atoms with Gasteiger partial charge in [-0.25, -0.2) is 0 Å². The maximum Gasteiger partial charge on any atom is 0.315 e. The maximum absolute atomic E-state index is 11.2. The van der Waals surface area contributed by atoms with Crippen molar-refractivity contribution in [1.29, 1.82) is 0 Å². The molecule has 104 valence electrons. The van der Waals surface area contributed by atoms with E-state index in [1.807, 2.05) is 6.92 Å². The van der Waals surface area contributed by atoms with Crippen LogP contribution in [-0.2, 0) is 17.3 Å². The fourth-order valence-corrected chi connectivity index (χ4v) is 1.40. The van der Waals surface area contributed by atoms with Crippen LogP contribution in [0.15, 0.2) is 4.42 Å². The molecule has 2 atom stereocenters. The third-order valence-corrected chi connectivity index (χ3v) is 3.64. The van der Waals surface area contributed by atoms with Crippen LogP contribution >= 0.6 is 0 Å². The van der Waals surface area contributed by atoms with Crippen LogP contribution in [0.2, 0.25) is 0 Å². The van der Waals surface area contributed by atoms with Crippen molar-refractivity contribution in [2.24, 2.45) is 0 Å². The Balaban J connectivity index is 2.41. The topological polar surface area (TPSA) is 80.1 Å². The molecule has 1 aromatic heterocycles. The minimum absolute atomic E-state index is 0.00961. The molecule has 2 N–H and O–H groups in total. The maximum atomic E-state index is 11.2. The van der Waals surface area contributed by atoms with Gasteiger partial charge in [0.25, 0.3) is 0 Å². The summed E-state index contributed by atoms with van der Waals surface area (Å²) in [6, 6.07) is 0.373. The Morgan fingerprint density at radius 3 is 2.61 bits per heavy atom. The van der Waals surface area contributed by atoms with Crippen LogP contribution in [0.1, 0.15) is 33.6 Å². The Labute approximate surface area is 110 Å². The lowest BCUT2D eigenvalue weighted by Crippen LogP contribution is -2.35. The number of hydrogen-bond donors (Lipinski definition) is 2. The van der Waals surface area contributed by atoms with E-state index in [1.54, 1.807) is 6.26 Å². The van der Waals surface area contributed by atoms with E-state index in [2.05, 4.69) is 41.6 Å². The van der Waals surface area contributed by atoms with E-state index in [0.717, 1.165) is 0 Å². The Morgan fingerprint density at radius 2 is 2.06 bits per heavy atom. The van der Waals surface area contributed by atoms with E-state index in [1.165, 1.54) is 0 Å². The summed E-state index contributed by atoms with van der Waals surface area (Å²) in [6.45, 7) is 9.20. The number of nitrogens with one attached hydrogen (secondary N) is 2. The van der Waals surface area contributed by atoms with E-state index in [4.69, 9.17) is 4.42 Å². The first-order valence-electron chi connectivity index (χ1n) is 5.91. The van der Waals surface area contributed by atoms with Crippen LogP contribution in [0.25, 0.3) is 0 Å². The molecule has 0 aromatic carbocycles. The van der Waals surface area contributed by atoms with Gasteiger partial charge in [0.1, 0.15) is 0 Å². The van der Waals surface area contributed by atoms with Crippen molar-refractivity contribution in [3.63, 3.8) is 0 Å². The molecule has 1 heterocycles. The van der Waals surface area contributed by atoms with Crippen molar-refractivity contribution in [2.45, 2.75) is 45.0 Å². The molecule has 7 heteroatoms. The van der Waals surface area contributed by atoms with Gasteiger partial charge in [0.15, 0.2) is 0 Å². The molecule has 18 heavy (non-hydrogen) atoms. The SMILES string of the molecule is CC(CNc1nnc(CNC(C)(C)C)o1)S(C)=O. The molecule has 0 aliphatic rings. The second-order valence-corrected chi connectivity index (χ2v) is 7.10. The average Bonchev–Trinajstić information content (AvgIpc) is 2.70. The molecule has 0 amide bonds. The highest BCUT2D eigenvalue weighted by Crippen LogP contribution is 2.08. The number of rotatable bonds is 6. The van der Waals surface area contributed by atoms with Crippen molar-refractivity contribution >= 4 is 16.8 Å². The molecule has 1 rings (SSSR count). The summed E-state index contributed by atoms with van der Waals surface area (Å²) < 4.78 is 16.6. The van der Waals surface area contributed by atoms with E-state index in [9.17, 15) is 4.21 Å². The van der Waals surface area contributed by atoms with E-state index < -0.39 is 10.8 Å². The van der Waals surface area contributed by atoms with Crippen molar-refractivity contribution < 1.29 is 8.63 Å². The van der Waals surface area contributed by atoms with Crippen molar-refractivity contribution in [2.75, 3.05) is 18.1 Å². The largest absolute Gasteiger partial charge is 0.407 e. The predicted octanol–water partition coefficient (Wildman–Crippen LogP) is 1.14. The van der Waals surface area contributed by atoms with Gasteiger partial charge >= 0.3 is 6.01 Å². The second kappa shape index (κ2) is 6.29. The third kappa shape index (κ3) is 5.59. The molecule has 0 bridgehead atoms. The summed E-state index contributed by atoms with van der Waals surface area (Å²) in [5.41, 5.74) is 0.00961. The van der Waals surface area contributed by atoms with E-state index in [0.29, 0.717) is 25.0 Å². The zero-order chi connectivity index (χ0) is 13.8. The Hall–Kier alpha value is -0.950. The zero-order valence-corrected chi connectivity index (χ0v) is 12.4. The molecule has 0 saturated heterocycles. The van der Waals surface area contributed by atoms with Crippen LogP contribution < -0.4 is 10.6 Å². The van der Waals surface area contributed by atoms with Crippen molar-refractivity contribution in [1.82, 2.24) is 15.5 Å². The highest BCUT2D eigenvalue weighted by molar-refractivity contribution is 7.84. The van der Waals surface area contributed by atoms with Gasteiger partial charge < -0.3 is 15.1 Å². The minimum Gasteiger partial charge on any atom is -0.407 e. The minimum atomic E-state index is -0.857. The van der Waals surface area contributed by atoms with Gasteiger partial charge in [-0.3, -0.25) is 4.21 Å². The van der Waals surface area contributed by atoms with Crippen LogP contribution in [0.3, 0.4) is 0 Å². The normalized spacial score (nSPS) is 15.4. The fraction of sp³-hybridized carbons (Fsp3) is 0.818. The number of hydrogen-bond acceptors (Lipinski definition) is 6. The first-order chi connectivity index (χ1) is 8.28. The van der Waals surface area contributed by atoms with Crippen LogP contribution in [0.4, 0.5) is 6.01 Å². The van der Waals surface area contributed by atoms with Crippen molar-refractivity contribution in [3.05, 3.63) is 5.89 Å². The molecule has 2 unspecified atom stereocenters. The monoisotopic (exact) mass is 274 g/mol. The van der Waals surface area contributed by atoms with Crippen LogP contribution in [0, 0.1) is 0 Å². The quantitative estimate of drug-likeness (QED) is 0.809. The van der Waals surface area contributed by atoms with Gasteiger partial charge in [-0.2, -0.15) is 0 Å². The first-order valence-corrected chi connectivity index (χ1v) is 7.53. The molecular weight excluding hydrogens is 252 g/mol. The summed E-state index contributed by atoms with van der Waals surface area (Å²) in [4.78, 5) is 0. The lowest BCUT2D eigenvalue weighted by Gasteiger charge is -2.18. The molecule has 0 spiro atoms. The Morgan fingerprint density at radius 1 is 1.39 bits per heavy atom. The highest BCUT2D eigenvalue weighted by Gasteiger charge is 2.13. The summed E-state index contributed by atoms with van der Waals surface area (Å²) in [5, 5.41) is 14.1. The van der Waals surface area contributed by atoms with Gasteiger partial charge in [0.2, 0.25) is 5.89 Å². The molecule has 0 radical (unpaired) electrons. The predicted molar refractivity (Wildman–Crippen MR) is 72.9 cm³/mol. The molecule has 0 aliphatic heterocycles. The van der Waals surface area contributed by atoms with E-state index in [-0.39, 0.29) is 10.8 Å². The third-order valence-electron chi connectivity index (χ3n) is 2.34. The van der Waals surface area contributed by atoms with Crippen LogP contribution in [-0.4, -0.2) is 38.0 Å². The number of anilines is 1. The standard InChI is InChI=1S/C11H22N4O2S/c1-8(18(5)16)6-12-10-15-14-9(17-10)7-13-11(2,3)4/h8,13H,6-7H2,1-5H3,(H,12,15). The lowest BCUT2D eigenvalue weighted by atomic mass is 10.1. The average molecular weight is 274 g/mol. The van der Waals surface area contributed by atoms with Crippen LogP contribution in [0.5, 0.6) is 0 Å². The van der Waals surface area contributed by atoms with Gasteiger partial charge in [0, 0.05) is 34.4 Å². The van der Waals surface area contributed by atoms with Gasteiger partial charge in [-0.1, -0.05) is 5.10 Å². The highest BCUT2D eigenvalue weighted by atomic mass is 32.2. The van der Waals surface area contributed by atoms with Crippen molar-refractivity contribution in [3.8, 4) is 0 Å². The number of aromatic nitrogens is 2. The Bertz CT molecular complexity index is 400. The van der Waals surface area contributed by atoms with Gasteiger partial charge in [-0.05, 0) is 27.7 Å². The summed E-state index contributed by atoms with van der Waals surface area (Å²) in [7, 11) is -0.857. The smallest absolute Gasteiger partial charge is 0.315 e. The zero-order valence-electron chi connectivity index (χ0n) is 11.6. The fourth-order valence-electron chi connectivity index (χ4n) is 1.09. The molecule has 6 nitrogen and oxygen atoms in total. The Kier molecular flexibility index (Phi) is 5.28.